The summed E-state index contributed by atoms with van der Waals surface area (Å²) in [6.45, 7) is 4.94. The van der Waals surface area contributed by atoms with Crippen molar-refractivity contribution in [2.75, 3.05) is 19.6 Å². The number of allylic oxidation sites excluding steroid dienone is 5. The Morgan fingerprint density at radius 1 is 1.35 bits per heavy atom. The number of likely N-dealkylation sites (tertiary alicyclic amines) is 1. The third-order valence-electron chi connectivity index (χ3n) is 6.03. The monoisotopic (exact) mass is 439 g/mol. The van der Waals surface area contributed by atoms with E-state index in [9.17, 15) is 5.21 Å². The zero-order valence-corrected chi connectivity index (χ0v) is 18.6. The van der Waals surface area contributed by atoms with E-state index in [1.807, 2.05) is 49.6 Å². The molecule has 9 heteroatoms. The smallest absolute Gasteiger partial charge is 0.346 e. The maximum absolute atomic E-state index is 12.9. The van der Waals surface area contributed by atoms with Crippen LogP contribution in [0.3, 0.4) is 0 Å². The highest BCUT2D eigenvalue weighted by molar-refractivity contribution is 7.81. The molecule has 0 radical (unpaired) electrons. The molecule has 0 saturated carbocycles. The second-order valence-corrected chi connectivity index (χ2v) is 8.82. The third-order valence-corrected chi connectivity index (χ3v) is 6.70. The van der Waals surface area contributed by atoms with Crippen LogP contribution in [0, 0.1) is 10.6 Å². The van der Waals surface area contributed by atoms with Crippen molar-refractivity contribution in [2.24, 2.45) is 10.1 Å². The van der Waals surface area contributed by atoms with E-state index in [1.165, 1.54) is 19.3 Å². The molecule has 0 aromatic rings. The summed E-state index contributed by atoms with van der Waals surface area (Å²) in [6.07, 6.45) is 19.2. The van der Waals surface area contributed by atoms with Crippen LogP contribution in [-0.4, -0.2) is 52.0 Å². The number of hydrogen-bond donors (Lipinski definition) is 4. The summed E-state index contributed by atoms with van der Waals surface area (Å²) in [5, 5.41) is 31.8. The van der Waals surface area contributed by atoms with E-state index in [0.29, 0.717) is 17.0 Å². The van der Waals surface area contributed by atoms with Crippen molar-refractivity contribution in [2.45, 2.75) is 43.1 Å². The van der Waals surface area contributed by atoms with E-state index in [4.69, 9.17) is 18.0 Å². The Morgan fingerprint density at radius 2 is 2.16 bits per heavy atom. The molecule has 0 bridgehead atoms. The van der Waals surface area contributed by atoms with Crippen molar-refractivity contribution >= 4 is 24.7 Å². The van der Waals surface area contributed by atoms with E-state index >= 15 is 0 Å². The van der Waals surface area contributed by atoms with Crippen LogP contribution < -0.4 is 10.6 Å². The molecule has 0 aromatic carbocycles. The Hall–Kier alpha value is -2.65. The minimum absolute atomic E-state index is 0.123. The number of piperidine rings is 1. The number of hydroxylamine groups is 1. The molecule has 4 rings (SSSR count). The second kappa shape index (κ2) is 8.84. The highest BCUT2D eigenvalue weighted by atomic mass is 32.1. The van der Waals surface area contributed by atoms with E-state index in [1.54, 1.807) is 6.21 Å². The van der Waals surface area contributed by atoms with Crippen LogP contribution in [0.5, 0.6) is 0 Å². The molecule has 4 aliphatic heterocycles. The number of hydrogen-bond acceptors (Lipinski definition) is 7. The molecule has 164 valence electrons. The summed E-state index contributed by atoms with van der Waals surface area (Å²) in [5.74, 6) is -0.123. The Kier molecular flexibility index (Phi) is 6.15. The number of amidine groups is 1. The van der Waals surface area contributed by atoms with Crippen LogP contribution in [0.1, 0.15) is 32.6 Å². The van der Waals surface area contributed by atoms with E-state index in [0.717, 1.165) is 30.9 Å². The van der Waals surface area contributed by atoms with Gasteiger partial charge >= 0.3 is 4.99 Å². The number of azo groups is 1. The highest BCUT2D eigenvalue weighted by Gasteiger charge is 2.59. The van der Waals surface area contributed by atoms with Crippen LogP contribution in [0.4, 0.5) is 0 Å². The number of nitrogens with zero attached hydrogens (tertiary/aromatic N) is 4. The van der Waals surface area contributed by atoms with Gasteiger partial charge < -0.3 is 15.8 Å². The molecule has 4 heterocycles. The zero-order chi connectivity index (χ0) is 21.9. The van der Waals surface area contributed by atoms with Crippen molar-refractivity contribution in [3.8, 4) is 0 Å². The van der Waals surface area contributed by atoms with Gasteiger partial charge in [-0.15, -0.1) is 0 Å². The summed E-state index contributed by atoms with van der Waals surface area (Å²) in [7, 11) is 0. The van der Waals surface area contributed by atoms with Crippen LogP contribution in [0.15, 0.2) is 69.7 Å². The van der Waals surface area contributed by atoms with Crippen molar-refractivity contribution in [3.63, 3.8) is 0 Å². The minimum atomic E-state index is -1.47. The molecule has 8 nitrogen and oxygen atoms in total. The minimum Gasteiger partial charge on any atom is -0.597 e. The normalized spacial score (nSPS) is 33.4. The lowest BCUT2D eigenvalue weighted by atomic mass is 9.90. The number of rotatable bonds is 5. The fraction of sp³-hybridized carbons (Fsp3) is 0.455. The molecule has 1 fully saturated rings. The maximum atomic E-state index is 12.9. The van der Waals surface area contributed by atoms with Gasteiger partial charge in [0.2, 0.25) is 5.84 Å². The molecular formula is C22H29N7OS. The van der Waals surface area contributed by atoms with Crippen LogP contribution in [0.2, 0.25) is 0 Å². The highest BCUT2D eigenvalue weighted by Crippen LogP contribution is 2.41. The van der Waals surface area contributed by atoms with Gasteiger partial charge in [0, 0.05) is 41.8 Å². The first kappa shape index (κ1) is 21.6. The molecule has 1 saturated heterocycles. The first-order valence-corrected chi connectivity index (χ1v) is 11.2. The van der Waals surface area contributed by atoms with Gasteiger partial charge in [-0.3, -0.25) is 15.3 Å². The van der Waals surface area contributed by atoms with E-state index in [-0.39, 0.29) is 5.84 Å². The molecule has 0 aliphatic carbocycles. The topological polar surface area (TPSA) is 102 Å². The van der Waals surface area contributed by atoms with Crippen LogP contribution in [0.25, 0.3) is 0 Å². The number of aliphatic imine (C=N–C) groups is 1. The quantitative estimate of drug-likeness (QED) is 0.229. The van der Waals surface area contributed by atoms with Crippen molar-refractivity contribution in [3.05, 3.63) is 64.8 Å². The lowest BCUT2D eigenvalue weighted by molar-refractivity contribution is -0.592. The summed E-state index contributed by atoms with van der Waals surface area (Å²) in [4.78, 5) is 6.00. The summed E-state index contributed by atoms with van der Waals surface area (Å²) >= 11 is 4.76. The summed E-state index contributed by atoms with van der Waals surface area (Å²) in [6, 6.07) is 0. The number of thiol groups is 1. The largest absolute Gasteiger partial charge is 0.597 e. The molecular weight excluding hydrogens is 410 g/mol. The molecule has 2 unspecified atom stereocenters. The lowest BCUT2D eigenvalue weighted by Gasteiger charge is -2.40. The average molecular weight is 440 g/mol. The van der Waals surface area contributed by atoms with Gasteiger partial charge in [-0.1, -0.05) is 31.2 Å². The second-order valence-electron chi connectivity index (χ2n) is 8.17. The van der Waals surface area contributed by atoms with E-state index < -0.39 is 10.5 Å². The molecule has 2 atom stereocenters. The standard InChI is InChI=1S/C22H29N7OS/c1-2-3-9-21(10-7-11-25-21)22(31)26-19(20(23)27-29(22)30)17-8-12-24-18(15-17)16-28-13-5-4-6-14-28/h2-3,7-8,10-12,15,23-24,26,31H,4-6,9,13-14,16H2,1H3. The first-order valence-electron chi connectivity index (χ1n) is 10.7. The Balaban J connectivity index is 1.67. The predicted molar refractivity (Wildman–Crippen MR) is 126 cm³/mol. The SMILES string of the molecule is CC=CCC1(C2(S)NC(=C3C=CNC(CN4CCCCC4)=C3)C(=N)N=[N+]2[O-])C=CC=N1. The lowest BCUT2D eigenvalue weighted by Crippen LogP contribution is -2.64. The molecule has 0 amide bonds. The summed E-state index contributed by atoms with van der Waals surface area (Å²) in [5.41, 5.74) is 1.36. The Labute approximate surface area is 188 Å². The zero-order valence-electron chi connectivity index (χ0n) is 17.7. The van der Waals surface area contributed by atoms with Gasteiger partial charge in [-0.25, -0.2) is 0 Å². The fourth-order valence-electron chi connectivity index (χ4n) is 4.29. The van der Waals surface area contributed by atoms with Gasteiger partial charge in [0.15, 0.2) is 5.54 Å². The number of dihydropyridines is 1. The maximum Gasteiger partial charge on any atom is 0.346 e. The molecule has 31 heavy (non-hydrogen) atoms. The molecule has 4 aliphatic rings. The van der Waals surface area contributed by atoms with Crippen molar-refractivity contribution in [1.29, 1.82) is 5.41 Å². The first-order chi connectivity index (χ1) is 15.0. The van der Waals surface area contributed by atoms with Crippen molar-refractivity contribution in [1.82, 2.24) is 15.5 Å². The van der Waals surface area contributed by atoms with E-state index in [2.05, 4.69) is 25.6 Å². The summed E-state index contributed by atoms with van der Waals surface area (Å²) < 4.78 is 0. The number of nitrogens with one attached hydrogen (secondary N) is 3. The van der Waals surface area contributed by atoms with Gasteiger partial charge in [0.25, 0.3) is 0 Å². The Morgan fingerprint density at radius 3 is 2.87 bits per heavy atom. The van der Waals surface area contributed by atoms with Gasteiger partial charge in [-0.05, 0) is 62.0 Å². The Bertz CT molecular complexity index is 941. The van der Waals surface area contributed by atoms with Gasteiger partial charge in [0.05, 0.1) is 5.70 Å². The third kappa shape index (κ3) is 4.12. The molecule has 0 spiro atoms. The molecule has 3 N–H and O–H groups in total. The van der Waals surface area contributed by atoms with Crippen LogP contribution >= 0.6 is 12.6 Å². The predicted octanol–water partition coefficient (Wildman–Crippen LogP) is 3.20. The van der Waals surface area contributed by atoms with Gasteiger partial charge in [0.1, 0.15) is 0 Å². The average Bonchev–Trinajstić information content (AvgIpc) is 3.26. The molecule has 0 aromatic heterocycles. The fourth-order valence-corrected chi connectivity index (χ4v) is 4.67. The van der Waals surface area contributed by atoms with Crippen molar-refractivity contribution < 1.29 is 4.86 Å². The van der Waals surface area contributed by atoms with Gasteiger partial charge in [-0.2, -0.15) is 0 Å². The van der Waals surface area contributed by atoms with Crippen LogP contribution in [-0.2, 0) is 0 Å².